The van der Waals surface area contributed by atoms with E-state index in [2.05, 4.69) is 36.9 Å². The van der Waals surface area contributed by atoms with Gasteiger partial charge in [0.1, 0.15) is 0 Å². The van der Waals surface area contributed by atoms with E-state index in [-0.39, 0.29) is 16.0 Å². The van der Waals surface area contributed by atoms with Gasteiger partial charge in [0.25, 0.3) is 5.69 Å². The molecule has 4 nitrogen and oxygen atoms in total. The van der Waals surface area contributed by atoms with Gasteiger partial charge in [0, 0.05) is 36.3 Å². The maximum absolute atomic E-state index is 11.1. The largest absolute Gasteiger partial charge is 0.372 e. The first kappa shape index (κ1) is 15.2. The van der Waals surface area contributed by atoms with Gasteiger partial charge in [-0.1, -0.05) is 19.9 Å². The zero-order chi connectivity index (χ0) is 16.9. The summed E-state index contributed by atoms with van der Waals surface area (Å²) in [5.41, 5.74) is 5.93. The Bertz CT molecular complexity index is 820. The van der Waals surface area contributed by atoms with E-state index in [0.717, 1.165) is 24.2 Å². The van der Waals surface area contributed by atoms with Gasteiger partial charge in [-0.05, 0) is 59.7 Å². The highest BCUT2D eigenvalue weighted by molar-refractivity contribution is 5.83. The van der Waals surface area contributed by atoms with Crippen LogP contribution >= 0.6 is 0 Å². The van der Waals surface area contributed by atoms with E-state index in [1.165, 1.54) is 36.1 Å². The standard InChI is InChI=1S/C20H22N2O2/c1-20(2)18-12-14(21-10-4-3-5-11-21)6-8-16(18)17-9-7-15(22(23)24)13-19(17)20/h6-9,12-13H,3-5,10-11H2,1-2H3. The first-order valence-electron chi connectivity index (χ1n) is 8.67. The second-order valence-electron chi connectivity index (χ2n) is 7.39. The Kier molecular flexibility index (Phi) is 3.37. The zero-order valence-electron chi connectivity index (χ0n) is 14.2. The van der Waals surface area contributed by atoms with Gasteiger partial charge in [-0.25, -0.2) is 0 Å². The van der Waals surface area contributed by atoms with Crippen LogP contribution in [0.1, 0.15) is 44.2 Å². The summed E-state index contributed by atoms with van der Waals surface area (Å²) in [6.45, 7) is 6.58. The Hall–Kier alpha value is -2.36. The van der Waals surface area contributed by atoms with Crippen LogP contribution in [0.4, 0.5) is 11.4 Å². The summed E-state index contributed by atoms with van der Waals surface area (Å²) >= 11 is 0. The molecule has 1 fully saturated rings. The molecule has 2 aromatic carbocycles. The summed E-state index contributed by atoms with van der Waals surface area (Å²) in [4.78, 5) is 13.3. The van der Waals surface area contributed by atoms with Crippen LogP contribution in [0.3, 0.4) is 0 Å². The number of nitro groups is 1. The van der Waals surface area contributed by atoms with E-state index in [1.807, 2.05) is 6.07 Å². The number of rotatable bonds is 2. The molecule has 1 heterocycles. The van der Waals surface area contributed by atoms with Crippen molar-refractivity contribution >= 4 is 11.4 Å². The molecule has 0 atom stereocenters. The van der Waals surface area contributed by atoms with Gasteiger partial charge in [-0.15, -0.1) is 0 Å². The molecule has 0 radical (unpaired) electrons. The molecule has 2 aromatic rings. The average Bonchev–Trinajstić information content (AvgIpc) is 2.83. The summed E-state index contributed by atoms with van der Waals surface area (Å²) in [7, 11) is 0. The number of anilines is 1. The summed E-state index contributed by atoms with van der Waals surface area (Å²) in [5.74, 6) is 0. The zero-order valence-corrected chi connectivity index (χ0v) is 14.2. The molecule has 124 valence electrons. The smallest absolute Gasteiger partial charge is 0.269 e. The number of benzene rings is 2. The van der Waals surface area contributed by atoms with E-state index in [0.29, 0.717) is 0 Å². The second kappa shape index (κ2) is 5.33. The van der Waals surface area contributed by atoms with E-state index >= 15 is 0 Å². The molecule has 0 unspecified atom stereocenters. The molecular formula is C20H22N2O2. The predicted molar refractivity (Wildman–Crippen MR) is 96.7 cm³/mol. The first-order chi connectivity index (χ1) is 11.5. The van der Waals surface area contributed by atoms with Gasteiger partial charge in [0.15, 0.2) is 0 Å². The lowest BCUT2D eigenvalue weighted by atomic mass is 9.82. The third kappa shape index (κ3) is 2.20. The molecule has 4 heteroatoms. The average molecular weight is 322 g/mol. The molecule has 24 heavy (non-hydrogen) atoms. The van der Waals surface area contributed by atoms with Gasteiger partial charge in [-0.3, -0.25) is 10.1 Å². The molecule has 0 bridgehead atoms. The van der Waals surface area contributed by atoms with Gasteiger partial charge in [-0.2, -0.15) is 0 Å². The van der Waals surface area contributed by atoms with Crippen LogP contribution in [0.25, 0.3) is 11.1 Å². The number of nitrogens with zero attached hydrogens (tertiary/aromatic N) is 2. The second-order valence-corrected chi connectivity index (χ2v) is 7.39. The van der Waals surface area contributed by atoms with E-state index < -0.39 is 0 Å². The Labute approximate surface area is 142 Å². The van der Waals surface area contributed by atoms with Crippen LogP contribution in [-0.4, -0.2) is 18.0 Å². The van der Waals surface area contributed by atoms with E-state index in [4.69, 9.17) is 0 Å². The molecule has 1 aliphatic carbocycles. The number of piperidine rings is 1. The molecule has 4 rings (SSSR count). The van der Waals surface area contributed by atoms with Gasteiger partial charge < -0.3 is 4.90 Å². The van der Waals surface area contributed by atoms with Crippen molar-refractivity contribution < 1.29 is 4.92 Å². The van der Waals surface area contributed by atoms with Crippen molar-refractivity contribution in [2.75, 3.05) is 18.0 Å². The lowest BCUT2D eigenvalue weighted by Gasteiger charge is -2.30. The Morgan fingerprint density at radius 2 is 1.58 bits per heavy atom. The number of nitro benzene ring substituents is 1. The number of fused-ring (bicyclic) bond motifs is 3. The van der Waals surface area contributed by atoms with Crippen molar-refractivity contribution in [3.8, 4) is 11.1 Å². The Morgan fingerprint density at radius 1 is 0.958 bits per heavy atom. The Morgan fingerprint density at radius 3 is 2.25 bits per heavy atom. The SMILES string of the molecule is CC1(C)c2cc(N3CCCCC3)ccc2-c2ccc([N+](=O)[O-])cc21. The van der Waals surface area contributed by atoms with Crippen LogP contribution in [0.2, 0.25) is 0 Å². The minimum atomic E-state index is -0.307. The monoisotopic (exact) mass is 322 g/mol. The fourth-order valence-electron chi connectivity index (χ4n) is 4.18. The molecule has 0 amide bonds. The molecule has 0 aromatic heterocycles. The van der Waals surface area contributed by atoms with E-state index in [9.17, 15) is 10.1 Å². The maximum Gasteiger partial charge on any atom is 0.269 e. The topological polar surface area (TPSA) is 46.4 Å². The van der Waals surface area contributed by atoms with Crippen LogP contribution in [0.5, 0.6) is 0 Å². The summed E-state index contributed by atoms with van der Waals surface area (Å²) in [5, 5.41) is 11.1. The highest BCUT2D eigenvalue weighted by Gasteiger charge is 2.37. The lowest BCUT2D eigenvalue weighted by molar-refractivity contribution is -0.384. The summed E-state index contributed by atoms with van der Waals surface area (Å²) in [6, 6.07) is 12.0. The van der Waals surface area contributed by atoms with Crippen molar-refractivity contribution in [3.63, 3.8) is 0 Å². The molecule has 1 saturated heterocycles. The normalized spacial score (nSPS) is 18.2. The molecular weight excluding hydrogens is 300 g/mol. The number of hydrogen-bond donors (Lipinski definition) is 0. The molecule has 1 aliphatic heterocycles. The maximum atomic E-state index is 11.1. The van der Waals surface area contributed by atoms with Crippen molar-refractivity contribution in [1.82, 2.24) is 0 Å². The fraction of sp³-hybridized carbons (Fsp3) is 0.400. The van der Waals surface area contributed by atoms with Gasteiger partial charge in [0.2, 0.25) is 0 Å². The van der Waals surface area contributed by atoms with Crippen molar-refractivity contribution in [1.29, 1.82) is 0 Å². The van der Waals surface area contributed by atoms with Crippen LogP contribution in [0.15, 0.2) is 36.4 Å². The highest BCUT2D eigenvalue weighted by Crippen LogP contribution is 2.50. The highest BCUT2D eigenvalue weighted by atomic mass is 16.6. The van der Waals surface area contributed by atoms with Crippen LogP contribution in [-0.2, 0) is 5.41 Å². The molecule has 2 aliphatic rings. The minimum Gasteiger partial charge on any atom is -0.372 e. The number of non-ortho nitro benzene ring substituents is 1. The summed E-state index contributed by atoms with van der Waals surface area (Å²) in [6.07, 6.45) is 3.84. The third-order valence-corrected chi connectivity index (χ3v) is 5.58. The lowest BCUT2D eigenvalue weighted by Crippen LogP contribution is -2.29. The van der Waals surface area contributed by atoms with Crippen LogP contribution < -0.4 is 4.90 Å². The van der Waals surface area contributed by atoms with Crippen molar-refractivity contribution in [2.24, 2.45) is 0 Å². The molecule has 0 spiro atoms. The molecule has 0 saturated carbocycles. The van der Waals surface area contributed by atoms with Gasteiger partial charge >= 0.3 is 0 Å². The van der Waals surface area contributed by atoms with E-state index in [1.54, 1.807) is 12.1 Å². The van der Waals surface area contributed by atoms with Crippen molar-refractivity contribution in [2.45, 2.75) is 38.5 Å². The van der Waals surface area contributed by atoms with Gasteiger partial charge in [0.05, 0.1) is 4.92 Å². The fourth-order valence-corrected chi connectivity index (χ4v) is 4.18. The third-order valence-electron chi connectivity index (χ3n) is 5.58. The predicted octanol–water partition coefficient (Wildman–Crippen LogP) is 4.89. The Balaban J connectivity index is 1.81. The van der Waals surface area contributed by atoms with Crippen LogP contribution in [0, 0.1) is 10.1 Å². The number of hydrogen-bond acceptors (Lipinski definition) is 3. The quantitative estimate of drug-likeness (QED) is 0.584. The van der Waals surface area contributed by atoms with Crippen molar-refractivity contribution in [3.05, 3.63) is 57.6 Å². The minimum absolute atomic E-state index is 0.172. The molecule has 0 N–H and O–H groups in total. The first-order valence-corrected chi connectivity index (χ1v) is 8.67. The summed E-state index contributed by atoms with van der Waals surface area (Å²) < 4.78 is 0.